The lowest BCUT2D eigenvalue weighted by Crippen LogP contribution is -2.03. The van der Waals surface area contributed by atoms with E-state index in [1.165, 1.54) is 10.9 Å². The van der Waals surface area contributed by atoms with Crippen molar-refractivity contribution in [3.8, 4) is 0 Å². The first-order chi connectivity index (χ1) is 7.76. The van der Waals surface area contributed by atoms with E-state index in [4.69, 9.17) is 5.11 Å². The number of halogens is 2. The number of hydrogen-bond acceptors (Lipinski definition) is 2. The number of aryl methyl sites for hydroxylation is 1. The highest BCUT2D eigenvalue weighted by atomic mass is 19.3. The summed E-state index contributed by atoms with van der Waals surface area (Å²) in [5.74, 6) is -1.93. The molecule has 0 spiro atoms. The highest BCUT2D eigenvalue weighted by molar-refractivity contribution is 5.77. The fraction of sp³-hybridized carbons (Fsp3) is 0.636. The Morgan fingerprint density at radius 1 is 1.59 bits per heavy atom. The SMILES string of the molecule is Cn1cc(C2C(C(=O)O)C2(C)C)c(C(F)F)n1. The van der Waals surface area contributed by atoms with Crippen molar-refractivity contribution >= 4 is 5.97 Å². The summed E-state index contributed by atoms with van der Waals surface area (Å²) in [4.78, 5) is 11.0. The zero-order chi connectivity index (χ0) is 13.0. The van der Waals surface area contributed by atoms with E-state index >= 15 is 0 Å². The molecule has 1 aliphatic rings. The van der Waals surface area contributed by atoms with Crippen molar-refractivity contribution in [3.05, 3.63) is 17.5 Å². The van der Waals surface area contributed by atoms with Crippen molar-refractivity contribution < 1.29 is 18.7 Å². The van der Waals surface area contributed by atoms with Crippen LogP contribution in [-0.4, -0.2) is 20.9 Å². The maximum Gasteiger partial charge on any atom is 0.307 e. The third-order valence-corrected chi connectivity index (χ3v) is 3.52. The summed E-state index contributed by atoms with van der Waals surface area (Å²) in [6.45, 7) is 3.55. The molecule has 0 aromatic carbocycles. The molecule has 2 unspecified atom stereocenters. The first-order valence-electron chi connectivity index (χ1n) is 5.31. The van der Waals surface area contributed by atoms with Crippen LogP contribution in [0, 0.1) is 11.3 Å². The minimum absolute atomic E-state index is 0.297. The average Bonchev–Trinajstić information content (AvgIpc) is 2.56. The van der Waals surface area contributed by atoms with Crippen LogP contribution >= 0.6 is 0 Å². The summed E-state index contributed by atoms with van der Waals surface area (Å²) >= 11 is 0. The summed E-state index contributed by atoms with van der Waals surface area (Å²) < 4.78 is 26.9. The molecule has 17 heavy (non-hydrogen) atoms. The van der Waals surface area contributed by atoms with Crippen LogP contribution in [-0.2, 0) is 11.8 Å². The van der Waals surface area contributed by atoms with Gasteiger partial charge in [0.05, 0.1) is 5.92 Å². The third kappa shape index (κ3) is 1.71. The molecule has 0 bridgehead atoms. The molecule has 1 N–H and O–H groups in total. The van der Waals surface area contributed by atoms with Crippen LogP contribution < -0.4 is 0 Å². The molecule has 0 amide bonds. The van der Waals surface area contributed by atoms with Crippen molar-refractivity contribution in [2.24, 2.45) is 18.4 Å². The Bertz CT molecular complexity index is 468. The van der Waals surface area contributed by atoms with Crippen LogP contribution in [0.4, 0.5) is 8.78 Å². The quantitative estimate of drug-likeness (QED) is 0.886. The number of hydrogen-bond donors (Lipinski definition) is 1. The first kappa shape index (κ1) is 12.0. The van der Waals surface area contributed by atoms with Gasteiger partial charge in [-0.1, -0.05) is 13.8 Å². The van der Waals surface area contributed by atoms with Gasteiger partial charge in [-0.3, -0.25) is 9.48 Å². The summed E-state index contributed by atoms with van der Waals surface area (Å²) in [7, 11) is 1.56. The molecule has 0 aliphatic heterocycles. The van der Waals surface area contributed by atoms with Gasteiger partial charge >= 0.3 is 5.97 Å². The van der Waals surface area contributed by atoms with Crippen molar-refractivity contribution in [2.75, 3.05) is 0 Å². The van der Waals surface area contributed by atoms with E-state index in [0.717, 1.165) is 0 Å². The lowest BCUT2D eigenvalue weighted by molar-refractivity contribution is -0.139. The van der Waals surface area contributed by atoms with Crippen LogP contribution in [0.2, 0.25) is 0 Å². The van der Waals surface area contributed by atoms with E-state index in [1.807, 2.05) is 0 Å². The summed E-state index contributed by atoms with van der Waals surface area (Å²) in [5, 5.41) is 12.7. The van der Waals surface area contributed by atoms with E-state index in [-0.39, 0.29) is 11.6 Å². The molecule has 94 valence electrons. The number of rotatable bonds is 3. The summed E-state index contributed by atoms with van der Waals surface area (Å²) in [5.41, 5.74) is -0.423. The molecule has 6 heteroatoms. The van der Waals surface area contributed by atoms with Crippen molar-refractivity contribution in [3.63, 3.8) is 0 Å². The monoisotopic (exact) mass is 244 g/mol. The lowest BCUT2D eigenvalue weighted by atomic mass is 10.0. The van der Waals surface area contributed by atoms with Crippen molar-refractivity contribution in [1.29, 1.82) is 0 Å². The highest BCUT2D eigenvalue weighted by Gasteiger charge is 2.64. The van der Waals surface area contributed by atoms with E-state index in [2.05, 4.69) is 5.10 Å². The largest absolute Gasteiger partial charge is 0.481 e. The Balaban J connectivity index is 2.40. The van der Waals surface area contributed by atoms with Crippen molar-refractivity contribution in [1.82, 2.24) is 9.78 Å². The van der Waals surface area contributed by atoms with Gasteiger partial charge in [-0.15, -0.1) is 0 Å². The molecule has 4 nitrogen and oxygen atoms in total. The minimum atomic E-state index is -2.67. The summed E-state index contributed by atoms with van der Waals surface area (Å²) in [6, 6.07) is 0. The van der Waals surface area contributed by atoms with Gasteiger partial charge in [0.1, 0.15) is 5.69 Å². The van der Waals surface area contributed by atoms with E-state index in [1.54, 1.807) is 20.9 Å². The van der Waals surface area contributed by atoms with Gasteiger partial charge in [0.25, 0.3) is 6.43 Å². The van der Waals surface area contributed by atoms with Gasteiger partial charge in [-0.25, -0.2) is 8.78 Å². The first-order valence-corrected chi connectivity index (χ1v) is 5.31. The smallest absolute Gasteiger partial charge is 0.307 e. The number of aromatic nitrogens is 2. The fourth-order valence-corrected chi connectivity index (χ4v) is 2.61. The molecule has 2 atom stereocenters. The minimum Gasteiger partial charge on any atom is -0.481 e. The number of nitrogens with zero attached hydrogens (tertiary/aromatic N) is 2. The van der Waals surface area contributed by atoms with E-state index in [9.17, 15) is 13.6 Å². The zero-order valence-corrected chi connectivity index (χ0v) is 9.82. The number of aliphatic carboxylic acids is 1. The maximum atomic E-state index is 12.8. The molecule has 1 fully saturated rings. The molecule has 2 rings (SSSR count). The second-order valence-corrected chi connectivity index (χ2v) is 5.06. The number of carboxylic acid groups (broad SMARTS) is 1. The molecule has 1 heterocycles. The second kappa shape index (κ2) is 3.51. The van der Waals surface area contributed by atoms with Crippen LogP contribution in [0.15, 0.2) is 6.20 Å². The molecule has 1 aliphatic carbocycles. The predicted molar refractivity (Wildman–Crippen MR) is 55.8 cm³/mol. The Hall–Kier alpha value is -1.46. The number of alkyl halides is 2. The van der Waals surface area contributed by atoms with E-state index < -0.39 is 23.7 Å². The predicted octanol–water partition coefficient (Wildman–Crippen LogP) is 2.18. The van der Waals surface area contributed by atoms with Gasteiger partial charge in [-0.05, 0) is 5.41 Å². The lowest BCUT2D eigenvalue weighted by Gasteiger charge is -2.02. The molecule has 1 saturated carbocycles. The van der Waals surface area contributed by atoms with Crippen molar-refractivity contribution in [2.45, 2.75) is 26.2 Å². The van der Waals surface area contributed by atoms with Gasteiger partial charge < -0.3 is 5.11 Å². The molecule has 1 aromatic rings. The Morgan fingerprint density at radius 2 is 2.18 bits per heavy atom. The Labute approximate surface area is 97.2 Å². The van der Waals surface area contributed by atoms with E-state index in [0.29, 0.717) is 5.56 Å². The molecular formula is C11H14F2N2O2. The molecule has 0 saturated heterocycles. The normalized spacial score (nSPS) is 26.2. The highest BCUT2D eigenvalue weighted by Crippen LogP contribution is 2.65. The molecular weight excluding hydrogens is 230 g/mol. The topological polar surface area (TPSA) is 55.1 Å². The van der Waals surface area contributed by atoms with Crippen LogP contribution in [0.5, 0.6) is 0 Å². The van der Waals surface area contributed by atoms with Gasteiger partial charge in [0.15, 0.2) is 0 Å². The van der Waals surface area contributed by atoms with Crippen LogP contribution in [0.25, 0.3) is 0 Å². The third-order valence-electron chi connectivity index (χ3n) is 3.52. The average molecular weight is 244 g/mol. The van der Waals surface area contributed by atoms with Crippen LogP contribution in [0.1, 0.15) is 37.4 Å². The zero-order valence-electron chi connectivity index (χ0n) is 9.82. The standard InChI is InChI=1S/C11H14F2N2O2/c1-11(2)6(7(11)10(16)17)5-4-15(3)14-8(5)9(12)13/h4,6-7,9H,1-3H3,(H,16,17). The van der Waals surface area contributed by atoms with Gasteiger partial charge in [0, 0.05) is 24.7 Å². The number of carboxylic acids is 1. The molecule has 1 aromatic heterocycles. The van der Waals surface area contributed by atoms with Gasteiger partial charge in [0.2, 0.25) is 0 Å². The van der Waals surface area contributed by atoms with Crippen LogP contribution in [0.3, 0.4) is 0 Å². The molecule has 0 radical (unpaired) electrons. The Morgan fingerprint density at radius 3 is 2.59 bits per heavy atom. The number of carbonyl (C=O) groups is 1. The maximum absolute atomic E-state index is 12.8. The van der Waals surface area contributed by atoms with Gasteiger partial charge in [-0.2, -0.15) is 5.10 Å². The fourth-order valence-electron chi connectivity index (χ4n) is 2.61. The summed E-state index contributed by atoms with van der Waals surface area (Å²) in [6.07, 6.45) is -1.17. The Kier molecular flexibility index (Phi) is 2.48. The second-order valence-electron chi connectivity index (χ2n) is 5.06.